The van der Waals surface area contributed by atoms with E-state index in [0.717, 1.165) is 10.4 Å². The highest BCUT2D eigenvalue weighted by Crippen LogP contribution is 2.50. The van der Waals surface area contributed by atoms with Gasteiger partial charge in [-0.1, -0.05) is 0 Å². The van der Waals surface area contributed by atoms with Gasteiger partial charge in [-0.05, 0) is 18.2 Å². The van der Waals surface area contributed by atoms with Gasteiger partial charge < -0.3 is 4.74 Å². The van der Waals surface area contributed by atoms with Crippen molar-refractivity contribution in [2.75, 3.05) is 10.8 Å². The van der Waals surface area contributed by atoms with Crippen LogP contribution in [0.1, 0.15) is 17.5 Å². The maximum Gasteiger partial charge on any atom is 0.417 e. The number of nitriles is 1. The molecule has 0 aliphatic carbocycles. The number of halogens is 4. The zero-order valence-electron chi connectivity index (χ0n) is 12.6. The number of nitrogens with zero attached hydrogens (tertiary/aromatic N) is 2. The lowest BCUT2D eigenvalue weighted by Crippen LogP contribution is -2.41. The smallest absolute Gasteiger partial charge is 0.370 e. The van der Waals surface area contributed by atoms with E-state index in [-0.39, 0.29) is 18.7 Å². The highest BCUT2D eigenvalue weighted by atomic mass is 32.2. The average Bonchev–Trinajstić information content (AvgIpc) is 3.15. The third-order valence-electron chi connectivity index (χ3n) is 5.11. The molecule has 0 amide bonds. The summed E-state index contributed by atoms with van der Waals surface area (Å²) in [4.78, 5) is 0. The molecule has 5 atom stereocenters. The summed E-state index contributed by atoms with van der Waals surface area (Å²) in [5, 5.41) is 7.76. The molecule has 3 aliphatic rings. The second-order valence-corrected chi connectivity index (χ2v) is 8.45. The first-order chi connectivity index (χ1) is 11.6. The van der Waals surface area contributed by atoms with E-state index >= 15 is 0 Å². The summed E-state index contributed by atoms with van der Waals surface area (Å²) in [6, 6.07) is 4.23. The predicted octanol–water partition coefficient (Wildman–Crippen LogP) is 2.22. The van der Waals surface area contributed by atoms with Gasteiger partial charge in [-0.3, -0.25) is 4.31 Å². The average molecular weight is 376 g/mol. The second kappa shape index (κ2) is 5.08. The largest absolute Gasteiger partial charge is 0.417 e. The quantitative estimate of drug-likeness (QED) is 0.705. The van der Waals surface area contributed by atoms with E-state index in [0.29, 0.717) is 6.07 Å². The summed E-state index contributed by atoms with van der Waals surface area (Å²) >= 11 is 0. The summed E-state index contributed by atoms with van der Waals surface area (Å²) in [7, 11) is -4.05. The Bertz CT molecular complexity index is 880. The summed E-state index contributed by atoms with van der Waals surface area (Å²) in [5.74, 6) is -0.466. The molecule has 1 aromatic rings. The van der Waals surface area contributed by atoms with Crippen molar-refractivity contribution in [3.05, 3.63) is 29.3 Å². The molecular weight excluding hydrogens is 364 g/mol. The van der Waals surface area contributed by atoms with Crippen LogP contribution in [0.3, 0.4) is 0 Å². The topological polar surface area (TPSA) is 70.4 Å². The Labute approximate surface area is 140 Å². The lowest BCUT2D eigenvalue weighted by atomic mass is 9.87. The van der Waals surface area contributed by atoms with Crippen LogP contribution in [-0.4, -0.2) is 38.6 Å². The van der Waals surface area contributed by atoms with Crippen LogP contribution in [0.25, 0.3) is 0 Å². The fraction of sp³-hybridized carbons (Fsp3) is 0.533. The van der Waals surface area contributed by atoms with Crippen molar-refractivity contribution < 1.29 is 30.7 Å². The van der Waals surface area contributed by atoms with Crippen LogP contribution in [0.5, 0.6) is 0 Å². The zero-order valence-corrected chi connectivity index (χ0v) is 13.4. The van der Waals surface area contributed by atoms with E-state index in [1.807, 2.05) is 0 Å². The highest BCUT2D eigenvalue weighted by molar-refractivity contribution is 7.93. The Balaban J connectivity index is 1.76. The van der Waals surface area contributed by atoms with Gasteiger partial charge in [-0.2, -0.15) is 18.4 Å². The van der Waals surface area contributed by atoms with Gasteiger partial charge >= 0.3 is 6.18 Å². The number of benzene rings is 1. The fourth-order valence-electron chi connectivity index (χ4n) is 4.04. The number of fused-ring (bicyclic) bond motifs is 5. The molecule has 1 aromatic carbocycles. The molecule has 5 nitrogen and oxygen atoms in total. The third-order valence-corrected chi connectivity index (χ3v) is 7.39. The summed E-state index contributed by atoms with van der Waals surface area (Å²) in [6.45, 7) is -0.0515. The molecular formula is C15H12F4N2O3S. The molecule has 25 heavy (non-hydrogen) atoms. The number of sulfonamides is 1. The standard InChI is InChI=1S/C15H12F4N2O3S/c16-11-4-12-9-6-21(25(22,23)14(9)13(11)24-12)8-2-1-7(5-20)10(3-8)15(17,18)19/h1-3,9,11-14H,4,6H2/t9-,11-,12+,13+,14-/m1/s1. The first-order valence-electron chi connectivity index (χ1n) is 7.57. The fourth-order valence-corrected chi connectivity index (χ4v) is 6.40. The molecule has 134 valence electrons. The van der Waals surface area contributed by atoms with Crippen molar-refractivity contribution in [3.63, 3.8) is 0 Å². The molecule has 0 saturated carbocycles. The van der Waals surface area contributed by atoms with Gasteiger partial charge in [0.25, 0.3) is 0 Å². The zero-order chi connectivity index (χ0) is 18.1. The maximum absolute atomic E-state index is 13.9. The van der Waals surface area contributed by atoms with E-state index in [1.54, 1.807) is 0 Å². The van der Waals surface area contributed by atoms with Crippen LogP contribution in [0.2, 0.25) is 0 Å². The van der Waals surface area contributed by atoms with E-state index in [1.165, 1.54) is 12.1 Å². The normalized spacial score (nSPS) is 35.6. The molecule has 3 saturated heterocycles. The molecule has 0 N–H and O–H groups in total. The van der Waals surface area contributed by atoms with E-state index in [9.17, 15) is 26.0 Å². The number of alkyl halides is 4. The van der Waals surface area contributed by atoms with Crippen LogP contribution in [-0.2, 0) is 20.9 Å². The van der Waals surface area contributed by atoms with Crippen LogP contribution in [0.4, 0.5) is 23.2 Å². The van der Waals surface area contributed by atoms with Gasteiger partial charge in [-0.15, -0.1) is 0 Å². The number of ether oxygens (including phenoxy) is 1. The Morgan fingerprint density at radius 2 is 2.04 bits per heavy atom. The molecule has 3 fully saturated rings. The Hall–Kier alpha value is -1.86. The van der Waals surface area contributed by atoms with Crippen LogP contribution in [0.15, 0.2) is 18.2 Å². The first-order valence-corrected chi connectivity index (χ1v) is 9.07. The number of hydrogen-bond acceptors (Lipinski definition) is 4. The summed E-state index contributed by atoms with van der Waals surface area (Å²) in [5.41, 5.74) is -1.95. The van der Waals surface area contributed by atoms with Crippen LogP contribution in [0, 0.1) is 17.2 Å². The van der Waals surface area contributed by atoms with Crippen molar-refractivity contribution in [3.8, 4) is 6.07 Å². The van der Waals surface area contributed by atoms with E-state index in [2.05, 4.69) is 0 Å². The number of anilines is 1. The summed E-state index contributed by atoms with van der Waals surface area (Å²) < 4.78 is 85.0. The lowest BCUT2D eigenvalue weighted by Gasteiger charge is -2.23. The van der Waals surface area contributed by atoms with Gasteiger partial charge in [0.1, 0.15) is 17.5 Å². The molecule has 0 spiro atoms. The van der Waals surface area contributed by atoms with Crippen molar-refractivity contribution >= 4 is 15.7 Å². The predicted molar refractivity (Wildman–Crippen MR) is 77.9 cm³/mol. The SMILES string of the molecule is N#Cc1ccc(N2C[C@H]3[C@H]([C@H]4O[C@H]3C[C@H]4F)S2(=O)=O)cc1C(F)(F)F. The van der Waals surface area contributed by atoms with Crippen molar-refractivity contribution in [2.45, 2.75) is 36.2 Å². The van der Waals surface area contributed by atoms with Crippen molar-refractivity contribution in [1.82, 2.24) is 0 Å². The van der Waals surface area contributed by atoms with Crippen LogP contribution < -0.4 is 4.31 Å². The lowest BCUT2D eigenvalue weighted by molar-refractivity contribution is -0.137. The summed E-state index contributed by atoms with van der Waals surface area (Å²) in [6.07, 6.45) is -7.66. The highest BCUT2D eigenvalue weighted by Gasteiger charge is 2.65. The monoisotopic (exact) mass is 376 g/mol. The van der Waals surface area contributed by atoms with E-state index in [4.69, 9.17) is 10.00 Å². The van der Waals surface area contributed by atoms with Gasteiger partial charge in [0, 0.05) is 18.9 Å². The molecule has 4 rings (SSSR count). The van der Waals surface area contributed by atoms with Gasteiger partial charge in [0.05, 0.1) is 29.0 Å². The minimum absolute atomic E-state index is 0.0515. The maximum atomic E-state index is 13.9. The molecule has 0 unspecified atom stereocenters. The second-order valence-electron chi connectivity index (χ2n) is 6.43. The van der Waals surface area contributed by atoms with E-state index < -0.39 is 56.9 Å². The third kappa shape index (κ3) is 2.25. The minimum Gasteiger partial charge on any atom is -0.370 e. The molecule has 3 aliphatic heterocycles. The Morgan fingerprint density at radius 3 is 2.68 bits per heavy atom. The van der Waals surface area contributed by atoms with Crippen LogP contribution >= 0.6 is 0 Å². The van der Waals surface area contributed by atoms with Gasteiger partial charge in [-0.25, -0.2) is 12.8 Å². The van der Waals surface area contributed by atoms with Crippen molar-refractivity contribution in [1.29, 1.82) is 5.26 Å². The number of rotatable bonds is 1. The Morgan fingerprint density at radius 1 is 1.32 bits per heavy atom. The van der Waals surface area contributed by atoms with Gasteiger partial charge in [0.2, 0.25) is 10.0 Å². The minimum atomic E-state index is -4.79. The molecule has 3 heterocycles. The molecule has 2 bridgehead atoms. The molecule has 0 radical (unpaired) electrons. The Kier molecular flexibility index (Phi) is 3.37. The molecule has 0 aromatic heterocycles. The molecule has 10 heteroatoms. The number of hydrogen-bond donors (Lipinski definition) is 0. The first kappa shape index (κ1) is 16.6. The van der Waals surface area contributed by atoms with Gasteiger partial charge in [0.15, 0.2) is 0 Å². The van der Waals surface area contributed by atoms with Crippen molar-refractivity contribution in [2.24, 2.45) is 5.92 Å².